The number of ether oxygens (including phenoxy) is 1. The SMILES string of the molecule is Br[C@@H]1CCC2COC1C2. The average molecular weight is 191 g/mol. The maximum atomic E-state index is 5.54. The number of fused-ring (bicyclic) bond motifs is 2. The molecule has 1 aliphatic heterocycles. The summed E-state index contributed by atoms with van der Waals surface area (Å²) in [6.45, 7) is 1.02. The summed E-state index contributed by atoms with van der Waals surface area (Å²) in [4.78, 5) is 0.649. The standard InChI is InChI=1S/C7H11BrO/c8-6-2-1-5-3-7(6)9-4-5/h5-7H,1-4H2/t5?,6-,7?/m1/s1. The molecule has 0 aromatic rings. The first-order chi connectivity index (χ1) is 4.36. The first-order valence-corrected chi connectivity index (χ1v) is 4.53. The lowest BCUT2D eigenvalue weighted by molar-refractivity contribution is 0.113. The van der Waals surface area contributed by atoms with Gasteiger partial charge in [0.1, 0.15) is 0 Å². The van der Waals surface area contributed by atoms with E-state index >= 15 is 0 Å². The van der Waals surface area contributed by atoms with Gasteiger partial charge in [0, 0.05) is 11.4 Å². The van der Waals surface area contributed by atoms with Crippen LogP contribution in [0.15, 0.2) is 0 Å². The molecule has 0 aromatic heterocycles. The number of halogens is 1. The molecule has 52 valence electrons. The summed E-state index contributed by atoms with van der Waals surface area (Å²) in [5.41, 5.74) is 0. The van der Waals surface area contributed by atoms with Crippen LogP contribution in [0.4, 0.5) is 0 Å². The molecule has 0 radical (unpaired) electrons. The second-order valence-electron chi connectivity index (χ2n) is 3.07. The van der Waals surface area contributed by atoms with Crippen LogP contribution >= 0.6 is 15.9 Å². The van der Waals surface area contributed by atoms with Crippen LogP contribution in [0.2, 0.25) is 0 Å². The monoisotopic (exact) mass is 190 g/mol. The summed E-state index contributed by atoms with van der Waals surface area (Å²) in [5, 5.41) is 0. The van der Waals surface area contributed by atoms with Gasteiger partial charge in [-0.1, -0.05) is 15.9 Å². The summed E-state index contributed by atoms with van der Waals surface area (Å²) in [6.07, 6.45) is 4.53. The van der Waals surface area contributed by atoms with Crippen LogP contribution < -0.4 is 0 Å². The van der Waals surface area contributed by atoms with Crippen molar-refractivity contribution in [3.05, 3.63) is 0 Å². The zero-order chi connectivity index (χ0) is 6.27. The number of rotatable bonds is 0. The molecule has 1 saturated carbocycles. The predicted molar refractivity (Wildman–Crippen MR) is 39.8 cm³/mol. The quantitative estimate of drug-likeness (QED) is 0.531. The van der Waals surface area contributed by atoms with Gasteiger partial charge in [0.25, 0.3) is 0 Å². The fourth-order valence-corrected chi connectivity index (χ4v) is 2.39. The Bertz CT molecular complexity index is 115. The van der Waals surface area contributed by atoms with E-state index in [2.05, 4.69) is 15.9 Å². The van der Waals surface area contributed by atoms with Gasteiger partial charge in [-0.3, -0.25) is 0 Å². The fourth-order valence-electron chi connectivity index (χ4n) is 1.76. The maximum absolute atomic E-state index is 5.54. The highest BCUT2D eigenvalue weighted by Crippen LogP contribution is 2.36. The molecule has 2 heteroatoms. The molecule has 1 heterocycles. The molecule has 2 rings (SSSR count). The van der Waals surface area contributed by atoms with Crippen LogP contribution in [0.1, 0.15) is 19.3 Å². The zero-order valence-corrected chi connectivity index (χ0v) is 6.93. The molecule has 2 bridgehead atoms. The second-order valence-corrected chi connectivity index (χ2v) is 4.24. The molecular formula is C7H11BrO. The molecule has 9 heavy (non-hydrogen) atoms. The minimum Gasteiger partial charge on any atom is -0.377 e. The minimum absolute atomic E-state index is 0.545. The van der Waals surface area contributed by atoms with Crippen molar-refractivity contribution in [2.24, 2.45) is 5.92 Å². The summed E-state index contributed by atoms with van der Waals surface area (Å²) in [5.74, 6) is 0.892. The van der Waals surface area contributed by atoms with E-state index in [1.165, 1.54) is 19.3 Å². The van der Waals surface area contributed by atoms with Crippen molar-refractivity contribution in [3.8, 4) is 0 Å². The Labute approximate surface area is 63.9 Å². The van der Waals surface area contributed by atoms with Crippen molar-refractivity contribution in [2.75, 3.05) is 6.61 Å². The van der Waals surface area contributed by atoms with Gasteiger partial charge in [0.05, 0.1) is 6.10 Å². The van der Waals surface area contributed by atoms with Crippen molar-refractivity contribution in [1.29, 1.82) is 0 Å². The third kappa shape index (κ3) is 1.03. The van der Waals surface area contributed by atoms with Crippen molar-refractivity contribution in [2.45, 2.75) is 30.2 Å². The highest BCUT2D eigenvalue weighted by atomic mass is 79.9. The van der Waals surface area contributed by atoms with Crippen molar-refractivity contribution >= 4 is 15.9 Å². The minimum atomic E-state index is 0.545. The summed E-state index contributed by atoms with van der Waals surface area (Å²) in [7, 11) is 0. The molecule has 2 unspecified atom stereocenters. The van der Waals surface area contributed by atoms with E-state index < -0.39 is 0 Å². The van der Waals surface area contributed by atoms with E-state index in [-0.39, 0.29) is 0 Å². The van der Waals surface area contributed by atoms with E-state index in [1.54, 1.807) is 0 Å². The molecule has 0 aromatic carbocycles. The number of alkyl halides is 1. The van der Waals surface area contributed by atoms with E-state index in [9.17, 15) is 0 Å². The van der Waals surface area contributed by atoms with Crippen molar-refractivity contribution < 1.29 is 4.74 Å². The van der Waals surface area contributed by atoms with Crippen LogP contribution in [-0.2, 0) is 4.74 Å². The Balaban J connectivity index is 2.05. The summed E-state index contributed by atoms with van der Waals surface area (Å²) < 4.78 is 5.54. The Morgan fingerprint density at radius 2 is 2.22 bits per heavy atom. The van der Waals surface area contributed by atoms with E-state index in [0.29, 0.717) is 10.9 Å². The average Bonchev–Trinajstić information content (AvgIpc) is 2.25. The molecule has 2 aliphatic rings. The smallest absolute Gasteiger partial charge is 0.0703 e. The number of hydrogen-bond acceptors (Lipinski definition) is 1. The first-order valence-electron chi connectivity index (χ1n) is 3.62. The first kappa shape index (κ1) is 6.17. The lowest BCUT2D eigenvalue weighted by atomic mass is 9.91. The third-order valence-electron chi connectivity index (χ3n) is 2.37. The van der Waals surface area contributed by atoms with Crippen LogP contribution in [0, 0.1) is 5.92 Å². The van der Waals surface area contributed by atoms with Gasteiger partial charge >= 0.3 is 0 Å². The molecule has 1 saturated heterocycles. The Kier molecular flexibility index (Phi) is 1.54. The molecule has 0 spiro atoms. The Hall–Kier alpha value is 0.440. The van der Waals surface area contributed by atoms with Crippen molar-refractivity contribution in [1.82, 2.24) is 0 Å². The van der Waals surface area contributed by atoms with Crippen LogP contribution in [0.25, 0.3) is 0 Å². The lowest BCUT2D eigenvalue weighted by Crippen LogP contribution is -2.23. The van der Waals surface area contributed by atoms with E-state index in [4.69, 9.17) is 4.74 Å². The van der Waals surface area contributed by atoms with Crippen LogP contribution in [0.3, 0.4) is 0 Å². The van der Waals surface area contributed by atoms with E-state index in [0.717, 1.165) is 12.5 Å². The van der Waals surface area contributed by atoms with Crippen LogP contribution in [-0.4, -0.2) is 17.5 Å². The molecule has 3 atom stereocenters. The van der Waals surface area contributed by atoms with Gasteiger partial charge in [-0.25, -0.2) is 0 Å². The van der Waals surface area contributed by atoms with Crippen LogP contribution in [0.5, 0.6) is 0 Å². The van der Waals surface area contributed by atoms with Gasteiger partial charge < -0.3 is 4.74 Å². The third-order valence-corrected chi connectivity index (χ3v) is 3.41. The van der Waals surface area contributed by atoms with Gasteiger partial charge in [-0.2, -0.15) is 0 Å². The second kappa shape index (κ2) is 2.24. The molecule has 0 N–H and O–H groups in total. The topological polar surface area (TPSA) is 9.23 Å². The lowest BCUT2D eigenvalue weighted by Gasteiger charge is -2.21. The highest BCUT2D eigenvalue weighted by molar-refractivity contribution is 9.09. The van der Waals surface area contributed by atoms with Gasteiger partial charge in [-0.05, 0) is 25.2 Å². The van der Waals surface area contributed by atoms with Gasteiger partial charge in [0.2, 0.25) is 0 Å². The molecule has 0 amide bonds. The predicted octanol–water partition coefficient (Wildman–Crippen LogP) is 1.95. The van der Waals surface area contributed by atoms with Gasteiger partial charge in [-0.15, -0.1) is 0 Å². The highest BCUT2D eigenvalue weighted by Gasteiger charge is 2.35. The Morgan fingerprint density at radius 1 is 1.33 bits per heavy atom. The fraction of sp³-hybridized carbons (Fsp3) is 1.00. The normalized spacial score (nSPS) is 49.7. The Morgan fingerprint density at radius 3 is 3.00 bits per heavy atom. The molecule has 1 nitrogen and oxygen atoms in total. The molecular weight excluding hydrogens is 180 g/mol. The summed E-state index contributed by atoms with van der Waals surface area (Å²) >= 11 is 3.62. The molecule has 2 fully saturated rings. The largest absolute Gasteiger partial charge is 0.377 e. The number of hydrogen-bond donors (Lipinski definition) is 0. The molecule has 1 aliphatic carbocycles. The summed E-state index contributed by atoms with van der Waals surface area (Å²) in [6, 6.07) is 0. The van der Waals surface area contributed by atoms with Gasteiger partial charge in [0.15, 0.2) is 0 Å². The maximum Gasteiger partial charge on any atom is 0.0703 e. The van der Waals surface area contributed by atoms with Crippen molar-refractivity contribution in [3.63, 3.8) is 0 Å². The zero-order valence-electron chi connectivity index (χ0n) is 5.35. The van der Waals surface area contributed by atoms with E-state index in [1.807, 2.05) is 0 Å².